The fraction of sp³-hybridized carbons (Fsp3) is 0.385. The van der Waals surface area contributed by atoms with Gasteiger partial charge in [0.1, 0.15) is 5.75 Å². The summed E-state index contributed by atoms with van der Waals surface area (Å²) in [4.78, 5) is 3.32. The van der Waals surface area contributed by atoms with Gasteiger partial charge < -0.3 is 15.0 Å². The second kappa shape index (κ2) is 3.95. The van der Waals surface area contributed by atoms with Crippen molar-refractivity contribution in [3.05, 3.63) is 29.5 Å². The van der Waals surface area contributed by atoms with Gasteiger partial charge in [0.2, 0.25) is 0 Å². The van der Waals surface area contributed by atoms with E-state index in [-0.39, 0.29) is 5.75 Å². The van der Waals surface area contributed by atoms with E-state index in [1.54, 1.807) is 18.2 Å². The molecule has 0 radical (unpaired) electrons. The van der Waals surface area contributed by atoms with Crippen LogP contribution in [-0.2, 0) is 13.0 Å². The minimum Gasteiger partial charge on any atom is -0.433 e. The third kappa shape index (κ3) is 2.06. The van der Waals surface area contributed by atoms with Gasteiger partial charge in [0.25, 0.3) is 0 Å². The Morgan fingerprint density at radius 1 is 1.33 bits per heavy atom. The summed E-state index contributed by atoms with van der Waals surface area (Å²) in [6, 6.07) is 5.03. The number of benzene rings is 1. The predicted molar refractivity (Wildman–Crippen MR) is 65.0 cm³/mol. The first-order valence-corrected chi connectivity index (χ1v) is 5.94. The number of hydrogen-bond donors (Lipinski definition) is 2. The van der Waals surface area contributed by atoms with Gasteiger partial charge >= 0.3 is 6.11 Å². The Hall–Kier alpha value is -1.62. The lowest BCUT2D eigenvalue weighted by Gasteiger charge is -2.14. The minimum atomic E-state index is -3.15. The average molecular weight is 252 g/mol. The lowest BCUT2D eigenvalue weighted by atomic mass is 10.1. The third-order valence-electron chi connectivity index (χ3n) is 3.12. The van der Waals surface area contributed by atoms with Crippen LogP contribution in [-0.4, -0.2) is 17.6 Å². The van der Waals surface area contributed by atoms with Gasteiger partial charge in [-0.15, -0.1) is 0 Å². The molecule has 3 nitrogen and oxygen atoms in total. The number of hydrogen-bond acceptors (Lipinski definition) is 2. The molecule has 0 saturated carbocycles. The number of halogens is 2. The molecule has 5 heteroatoms. The summed E-state index contributed by atoms with van der Waals surface area (Å²) in [7, 11) is 0. The summed E-state index contributed by atoms with van der Waals surface area (Å²) in [5.41, 5.74) is 3.31. The number of ether oxygens (including phenoxy) is 1. The number of H-pyrrole nitrogens is 1. The molecule has 0 atom stereocenters. The van der Waals surface area contributed by atoms with Gasteiger partial charge in [-0.1, -0.05) is 0 Å². The van der Waals surface area contributed by atoms with Crippen molar-refractivity contribution in [1.82, 2.24) is 10.3 Å². The normalized spacial score (nSPS) is 15.7. The zero-order valence-electron chi connectivity index (χ0n) is 10.0. The Morgan fingerprint density at radius 3 is 2.94 bits per heavy atom. The first-order valence-electron chi connectivity index (χ1n) is 5.94. The van der Waals surface area contributed by atoms with Gasteiger partial charge in [0.15, 0.2) is 0 Å². The van der Waals surface area contributed by atoms with E-state index >= 15 is 0 Å². The minimum absolute atomic E-state index is 0.197. The fourth-order valence-corrected chi connectivity index (χ4v) is 2.40. The van der Waals surface area contributed by atoms with E-state index in [1.165, 1.54) is 5.69 Å². The smallest absolute Gasteiger partial charge is 0.394 e. The highest BCUT2D eigenvalue weighted by Crippen LogP contribution is 2.30. The van der Waals surface area contributed by atoms with Crippen molar-refractivity contribution in [3.63, 3.8) is 0 Å². The second-order valence-corrected chi connectivity index (χ2v) is 4.63. The molecule has 96 valence electrons. The summed E-state index contributed by atoms with van der Waals surface area (Å²) in [5, 5.41) is 4.24. The standard InChI is InChI=1S/C13H14F2N2O/c1-13(14,15)18-8-2-3-11-9(6-8)10-7-16-5-4-12(10)17-11/h2-3,6,16-17H,4-5,7H2,1H3. The van der Waals surface area contributed by atoms with E-state index in [4.69, 9.17) is 0 Å². The first-order chi connectivity index (χ1) is 8.53. The first kappa shape index (κ1) is 11.5. The molecule has 1 aliphatic rings. The SMILES string of the molecule is CC(F)(F)Oc1ccc2[nH]c3c(c2c1)CNCC3. The van der Waals surface area contributed by atoms with E-state index in [0.717, 1.165) is 42.9 Å². The van der Waals surface area contributed by atoms with E-state index in [1.807, 2.05) is 0 Å². The molecule has 0 saturated heterocycles. The van der Waals surface area contributed by atoms with Crippen LogP contribution in [0.25, 0.3) is 10.9 Å². The highest BCUT2D eigenvalue weighted by Gasteiger charge is 2.24. The molecule has 2 heterocycles. The van der Waals surface area contributed by atoms with E-state index in [9.17, 15) is 8.78 Å². The Morgan fingerprint density at radius 2 is 2.17 bits per heavy atom. The molecule has 3 rings (SSSR count). The number of nitrogens with one attached hydrogen (secondary N) is 2. The number of fused-ring (bicyclic) bond motifs is 3. The zero-order valence-corrected chi connectivity index (χ0v) is 10.0. The van der Waals surface area contributed by atoms with Crippen LogP contribution < -0.4 is 10.1 Å². The van der Waals surface area contributed by atoms with Crippen molar-refractivity contribution in [2.75, 3.05) is 6.54 Å². The monoisotopic (exact) mass is 252 g/mol. The molecule has 0 fully saturated rings. The summed E-state index contributed by atoms with van der Waals surface area (Å²) in [6.07, 6.45) is -2.22. The fourth-order valence-electron chi connectivity index (χ4n) is 2.40. The predicted octanol–water partition coefficient (Wildman–Crippen LogP) is 2.81. The topological polar surface area (TPSA) is 37.0 Å². The molecule has 2 aromatic rings. The maximum Gasteiger partial charge on any atom is 0.394 e. The van der Waals surface area contributed by atoms with Crippen LogP contribution in [0.2, 0.25) is 0 Å². The van der Waals surface area contributed by atoms with Gasteiger partial charge in [-0.05, 0) is 23.8 Å². The van der Waals surface area contributed by atoms with E-state index in [0.29, 0.717) is 0 Å². The summed E-state index contributed by atoms with van der Waals surface area (Å²) < 4.78 is 30.3. The van der Waals surface area contributed by atoms with E-state index < -0.39 is 6.11 Å². The molecular weight excluding hydrogens is 238 g/mol. The van der Waals surface area contributed by atoms with Crippen LogP contribution in [0.3, 0.4) is 0 Å². The van der Waals surface area contributed by atoms with Crippen molar-refractivity contribution in [1.29, 1.82) is 0 Å². The third-order valence-corrected chi connectivity index (χ3v) is 3.12. The van der Waals surface area contributed by atoms with Crippen molar-refractivity contribution >= 4 is 10.9 Å². The molecule has 18 heavy (non-hydrogen) atoms. The van der Waals surface area contributed by atoms with Crippen LogP contribution in [0.1, 0.15) is 18.2 Å². The van der Waals surface area contributed by atoms with Gasteiger partial charge in [-0.2, -0.15) is 8.78 Å². The van der Waals surface area contributed by atoms with Gasteiger partial charge in [0.05, 0.1) is 0 Å². The molecule has 1 aliphatic heterocycles. The van der Waals surface area contributed by atoms with Crippen molar-refractivity contribution < 1.29 is 13.5 Å². The van der Waals surface area contributed by atoms with Crippen LogP contribution in [0.15, 0.2) is 18.2 Å². The lowest BCUT2D eigenvalue weighted by Crippen LogP contribution is -2.23. The van der Waals surface area contributed by atoms with E-state index in [2.05, 4.69) is 15.0 Å². The Kier molecular flexibility index (Phi) is 2.52. The highest BCUT2D eigenvalue weighted by molar-refractivity contribution is 5.86. The highest BCUT2D eigenvalue weighted by atomic mass is 19.3. The summed E-state index contributed by atoms with van der Waals surface area (Å²) in [5.74, 6) is 0.197. The number of aromatic amines is 1. The average Bonchev–Trinajstić information content (AvgIpc) is 2.65. The quantitative estimate of drug-likeness (QED) is 0.862. The summed E-state index contributed by atoms with van der Waals surface area (Å²) in [6.45, 7) is 2.45. The molecule has 2 N–H and O–H groups in total. The van der Waals surface area contributed by atoms with Crippen LogP contribution in [0.5, 0.6) is 5.75 Å². The number of rotatable bonds is 2. The Labute approximate surface area is 103 Å². The number of aromatic nitrogens is 1. The molecule has 1 aromatic carbocycles. The van der Waals surface area contributed by atoms with Gasteiger partial charge in [-0.3, -0.25) is 0 Å². The maximum absolute atomic E-state index is 12.8. The van der Waals surface area contributed by atoms with Gasteiger partial charge in [-0.25, -0.2) is 0 Å². The molecule has 0 aliphatic carbocycles. The molecule has 1 aromatic heterocycles. The molecular formula is C13H14F2N2O. The second-order valence-electron chi connectivity index (χ2n) is 4.63. The molecule has 0 amide bonds. The lowest BCUT2D eigenvalue weighted by molar-refractivity contribution is -0.158. The maximum atomic E-state index is 12.8. The van der Waals surface area contributed by atoms with Crippen molar-refractivity contribution in [2.24, 2.45) is 0 Å². The molecule has 0 unspecified atom stereocenters. The molecule has 0 spiro atoms. The molecule has 0 bridgehead atoms. The summed E-state index contributed by atoms with van der Waals surface area (Å²) >= 11 is 0. The number of alkyl halides is 2. The van der Waals surface area contributed by atoms with Crippen LogP contribution in [0.4, 0.5) is 8.78 Å². The van der Waals surface area contributed by atoms with Crippen LogP contribution in [0, 0.1) is 0 Å². The zero-order chi connectivity index (χ0) is 12.8. The Bertz CT molecular complexity index is 586. The van der Waals surface area contributed by atoms with Crippen LogP contribution >= 0.6 is 0 Å². The van der Waals surface area contributed by atoms with Gasteiger partial charge in [0, 0.05) is 43.0 Å². The Balaban J connectivity index is 2.05. The van der Waals surface area contributed by atoms with Crippen molar-refractivity contribution in [3.8, 4) is 5.75 Å². The van der Waals surface area contributed by atoms with Crippen molar-refractivity contribution in [2.45, 2.75) is 26.0 Å². The largest absolute Gasteiger partial charge is 0.433 e.